The number of carbonyl (C=O) groups excluding carboxylic acids is 1. The zero-order valence-electron chi connectivity index (χ0n) is 8.73. The van der Waals surface area contributed by atoms with Crippen LogP contribution in [-0.2, 0) is 11.2 Å². The van der Waals surface area contributed by atoms with Gasteiger partial charge < -0.3 is 5.32 Å². The van der Waals surface area contributed by atoms with Crippen molar-refractivity contribution in [1.82, 2.24) is 0 Å². The molecule has 0 atom stereocenters. The Morgan fingerprint density at radius 1 is 1.00 bits per heavy atom. The van der Waals surface area contributed by atoms with Crippen molar-refractivity contribution in [3.63, 3.8) is 0 Å². The standard InChI is InChI=1S/C14H11NO/c16-9-15-13-7-3-5-11-8-10-4-1-2-6-12(10)14(11)13/h1-7,9H,8H2,(H,15,16). The fraction of sp³-hybridized carbons (Fsp3) is 0.0714. The molecule has 0 aromatic heterocycles. The molecular weight excluding hydrogens is 198 g/mol. The summed E-state index contributed by atoms with van der Waals surface area (Å²) in [7, 11) is 0. The second-order valence-corrected chi connectivity index (χ2v) is 3.94. The first-order valence-electron chi connectivity index (χ1n) is 5.30. The van der Waals surface area contributed by atoms with Crippen LogP contribution in [0.25, 0.3) is 11.1 Å². The number of fused-ring (bicyclic) bond motifs is 3. The van der Waals surface area contributed by atoms with E-state index in [0.29, 0.717) is 0 Å². The lowest BCUT2D eigenvalue weighted by molar-refractivity contribution is -0.105. The first-order valence-corrected chi connectivity index (χ1v) is 5.30. The Balaban J connectivity index is 2.24. The van der Waals surface area contributed by atoms with Crippen molar-refractivity contribution >= 4 is 12.1 Å². The topological polar surface area (TPSA) is 29.1 Å². The molecule has 0 aliphatic heterocycles. The van der Waals surface area contributed by atoms with Gasteiger partial charge in [0.05, 0.1) is 0 Å². The van der Waals surface area contributed by atoms with Gasteiger partial charge in [-0.15, -0.1) is 0 Å². The Bertz CT molecular complexity index is 560. The van der Waals surface area contributed by atoms with Crippen LogP contribution in [-0.4, -0.2) is 6.41 Å². The number of amides is 1. The number of rotatable bonds is 2. The van der Waals surface area contributed by atoms with Crippen LogP contribution in [0.1, 0.15) is 11.1 Å². The molecular formula is C14H11NO. The van der Waals surface area contributed by atoms with Crippen molar-refractivity contribution in [1.29, 1.82) is 0 Å². The Kier molecular flexibility index (Phi) is 2.00. The second kappa shape index (κ2) is 3.49. The van der Waals surface area contributed by atoms with Gasteiger partial charge in [-0.25, -0.2) is 0 Å². The van der Waals surface area contributed by atoms with Crippen LogP contribution in [0, 0.1) is 0 Å². The highest BCUT2D eigenvalue weighted by molar-refractivity contribution is 5.91. The third kappa shape index (κ3) is 1.23. The van der Waals surface area contributed by atoms with Gasteiger partial charge in [0, 0.05) is 11.3 Å². The number of benzene rings is 2. The number of nitrogens with one attached hydrogen (secondary N) is 1. The predicted molar refractivity (Wildman–Crippen MR) is 64.4 cm³/mol. The number of anilines is 1. The summed E-state index contributed by atoms with van der Waals surface area (Å²) < 4.78 is 0. The van der Waals surface area contributed by atoms with Crippen molar-refractivity contribution in [2.45, 2.75) is 6.42 Å². The third-order valence-electron chi connectivity index (χ3n) is 3.03. The Labute approximate surface area is 93.9 Å². The molecule has 0 fully saturated rings. The number of carbonyl (C=O) groups is 1. The summed E-state index contributed by atoms with van der Waals surface area (Å²) in [5.74, 6) is 0. The molecule has 2 aromatic rings. The van der Waals surface area contributed by atoms with Gasteiger partial charge in [0.2, 0.25) is 6.41 Å². The molecule has 0 radical (unpaired) electrons. The highest BCUT2D eigenvalue weighted by Crippen LogP contribution is 2.40. The fourth-order valence-corrected chi connectivity index (χ4v) is 2.37. The number of hydrogen-bond acceptors (Lipinski definition) is 1. The van der Waals surface area contributed by atoms with Crippen LogP contribution in [0.2, 0.25) is 0 Å². The quantitative estimate of drug-likeness (QED) is 0.646. The minimum Gasteiger partial charge on any atom is -0.328 e. The monoisotopic (exact) mass is 209 g/mol. The van der Waals surface area contributed by atoms with Crippen LogP contribution in [0.5, 0.6) is 0 Å². The van der Waals surface area contributed by atoms with Gasteiger partial charge in [-0.05, 0) is 29.2 Å². The molecule has 0 bridgehead atoms. The summed E-state index contributed by atoms with van der Waals surface area (Å²) in [6.07, 6.45) is 1.69. The maximum absolute atomic E-state index is 10.6. The minimum atomic E-state index is 0.733. The van der Waals surface area contributed by atoms with Gasteiger partial charge in [0.25, 0.3) is 0 Å². The van der Waals surface area contributed by atoms with Crippen LogP contribution in [0.4, 0.5) is 5.69 Å². The van der Waals surface area contributed by atoms with E-state index in [9.17, 15) is 4.79 Å². The minimum absolute atomic E-state index is 0.733. The molecule has 2 heteroatoms. The first-order chi connectivity index (χ1) is 7.90. The van der Waals surface area contributed by atoms with Crippen molar-refractivity contribution in [2.75, 3.05) is 5.32 Å². The normalized spacial score (nSPS) is 11.8. The SMILES string of the molecule is O=CNc1cccc2c1-c1ccccc1C2. The molecule has 0 spiro atoms. The van der Waals surface area contributed by atoms with E-state index in [1.165, 1.54) is 22.3 Å². The van der Waals surface area contributed by atoms with Crippen LogP contribution >= 0.6 is 0 Å². The lowest BCUT2D eigenvalue weighted by Gasteiger charge is -2.07. The average Bonchev–Trinajstić information content (AvgIpc) is 2.68. The van der Waals surface area contributed by atoms with E-state index in [0.717, 1.165) is 18.5 Å². The lowest BCUT2D eigenvalue weighted by atomic mass is 10.0. The largest absolute Gasteiger partial charge is 0.328 e. The van der Waals surface area contributed by atoms with Gasteiger partial charge >= 0.3 is 0 Å². The molecule has 16 heavy (non-hydrogen) atoms. The molecule has 78 valence electrons. The molecule has 1 aliphatic rings. The molecule has 2 nitrogen and oxygen atoms in total. The van der Waals surface area contributed by atoms with Crippen molar-refractivity contribution in [2.24, 2.45) is 0 Å². The highest BCUT2D eigenvalue weighted by atomic mass is 16.1. The fourth-order valence-electron chi connectivity index (χ4n) is 2.37. The Hall–Kier alpha value is -2.09. The maximum atomic E-state index is 10.6. The molecule has 0 heterocycles. The van der Waals surface area contributed by atoms with Gasteiger partial charge in [-0.1, -0.05) is 36.4 Å². The summed E-state index contributed by atoms with van der Waals surface area (Å²) in [6, 6.07) is 14.4. The highest BCUT2D eigenvalue weighted by Gasteiger charge is 2.20. The van der Waals surface area contributed by atoms with E-state index in [1.54, 1.807) is 0 Å². The number of hydrogen-bond donors (Lipinski definition) is 1. The van der Waals surface area contributed by atoms with E-state index < -0.39 is 0 Å². The summed E-state index contributed by atoms with van der Waals surface area (Å²) >= 11 is 0. The van der Waals surface area contributed by atoms with E-state index in [4.69, 9.17) is 0 Å². The zero-order chi connectivity index (χ0) is 11.0. The molecule has 0 unspecified atom stereocenters. The van der Waals surface area contributed by atoms with Gasteiger partial charge in [0.1, 0.15) is 0 Å². The zero-order valence-corrected chi connectivity index (χ0v) is 8.73. The van der Waals surface area contributed by atoms with Gasteiger partial charge in [-0.3, -0.25) is 4.79 Å². The molecule has 1 N–H and O–H groups in total. The lowest BCUT2D eigenvalue weighted by Crippen LogP contribution is -1.96. The Morgan fingerprint density at radius 3 is 2.69 bits per heavy atom. The van der Waals surface area contributed by atoms with Crippen LogP contribution in [0.15, 0.2) is 42.5 Å². The molecule has 0 saturated carbocycles. The van der Waals surface area contributed by atoms with Crippen LogP contribution in [0.3, 0.4) is 0 Å². The molecule has 3 rings (SSSR count). The van der Waals surface area contributed by atoms with Crippen molar-refractivity contribution in [3.8, 4) is 11.1 Å². The second-order valence-electron chi connectivity index (χ2n) is 3.94. The smallest absolute Gasteiger partial charge is 0.211 e. The van der Waals surface area contributed by atoms with Gasteiger partial charge in [-0.2, -0.15) is 0 Å². The van der Waals surface area contributed by atoms with E-state index in [-0.39, 0.29) is 0 Å². The van der Waals surface area contributed by atoms with E-state index in [1.807, 2.05) is 18.2 Å². The maximum Gasteiger partial charge on any atom is 0.211 e. The van der Waals surface area contributed by atoms with Crippen molar-refractivity contribution in [3.05, 3.63) is 53.6 Å². The predicted octanol–water partition coefficient (Wildman–Crippen LogP) is 2.83. The van der Waals surface area contributed by atoms with E-state index in [2.05, 4.69) is 29.6 Å². The molecule has 0 saturated heterocycles. The molecule has 1 aliphatic carbocycles. The Morgan fingerprint density at radius 2 is 1.81 bits per heavy atom. The van der Waals surface area contributed by atoms with Crippen molar-refractivity contribution < 1.29 is 4.79 Å². The van der Waals surface area contributed by atoms with Crippen LogP contribution < -0.4 is 5.32 Å². The molecule has 2 aromatic carbocycles. The van der Waals surface area contributed by atoms with E-state index >= 15 is 0 Å². The third-order valence-corrected chi connectivity index (χ3v) is 3.03. The van der Waals surface area contributed by atoms with Gasteiger partial charge in [0.15, 0.2) is 0 Å². The average molecular weight is 209 g/mol. The molecule has 1 amide bonds. The summed E-state index contributed by atoms with van der Waals surface area (Å²) in [4.78, 5) is 10.6. The summed E-state index contributed by atoms with van der Waals surface area (Å²) in [5, 5.41) is 2.77. The first kappa shape index (κ1) is 9.16. The summed E-state index contributed by atoms with van der Waals surface area (Å²) in [6.45, 7) is 0. The summed E-state index contributed by atoms with van der Waals surface area (Å²) in [5.41, 5.74) is 5.93.